The number of sulfonamides is 1. The van der Waals surface area contributed by atoms with Crippen molar-refractivity contribution in [2.45, 2.75) is 11.8 Å². The van der Waals surface area contributed by atoms with Gasteiger partial charge in [-0.15, -0.1) is 11.3 Å². The normalized spacial score (nSPS) is 15.9. The van der Waals surface area contributed by atoms with Crippen LogP contribution in [0.15, 0.2) is 34.6 Å². The average Bonchev–Trinajstić information content (AvgIpc) is 3.07. The lowest BCUT2D eigenvalue weighted by atomic mass is 10.3. The second-order valence-corrected chi connectivity index (χ2v) is 8.74. The van der Waals surface area contributed by atoms with Gasteiger partial charge in [0.15, 0.2) is 0 Å². The van der Waals surface area contributed by atoms with E-state index in [4.69, 9.17) is 4.74 Å². The van der Waals surface area contributed by atoms with Crippen molar-refractivity contribution < 1.29 is 22.3 Å². The topological polar surface area (TPSA) is 88.6 Å². The van der Waals surface area contributed by atoms with Gasteiger partial charge in [0.2, 0.25) is 15.9 Å². The van der Waals surface area contributed by atoms with E-state index in [-0.39, 0.29) is 32.0 Å². The number of thiazole rings is 1. The van der Waals surface area contributed by atoms with E-state index < -0.39 is 26.6 Å². The second-order valence-electron chi connectivity index (χ2n) is 5.78. The molecule has 0 spiro atoms. The molecule has 2 heterocycles. The summed E-state index contributed by atoms with van der Waals surface area (Å²) in [5.41, 5.74) is 0.842. The molecule has 1 aromatic heterocycles. The van der Waals surface area contributed by atoms with Crippen molar-refractivity contribution in [1.82, 2.24) is 9.29 Å². The molecule has 0 saturated carbocycles. The number of halogens is 1. The number of amides is 1. The van der Waals surface area contributed by atoms with Crippen LogP contribution in [0, 0.1) is 12.7 Å². The number of hydrogen-bond donors (Lipinski definition) is 1. The highest BCUT2D eigenvalue weighted by molar-refractivity contribution is 7.89. The summed E-state index contributed by atoms with van der Waals surface area (Å²) in [6.07, 6.45) is 2.84. The lowest BCUT2D eigenvalue weighted by Crippen LogP contribution is -2.40. The molecule has 0 unspecified atom stereocenters. The zero-order valence-corrected chi connectivity index (χ0v) is 16.1. The van der Waals surface area contributed by atoms with Crippen molar-refractivity contribution >= 4 is 39.0 Å². The first-order valence-electron chi connectivity index (χ1n) is 8.15. The molecular formula is C17H18FN3O4S2. The summed E-state index contributed by atoms with van der Waals surface area (Å²) >= 11 is 1.46. The Bertz CT molecular complexity index is 966. The van der Waals surface area contributed by atoms with Crippen LogP contribution in [0.5, 0.6) is 0 Å². The zero-order valence-electron chi connectivity index (χ0n) is 14.5. The van der Waals surface area contributed by atoms with Gasteiger partial charge in [-0.05, 0) is 31.2 Å². The first-order chi connectivity index (χ1) is 12.9. The van der Waals surface area contributed by atoms with Crippen LogP contribution < -0.4 is 5.32 Å². The van der Waals surface area contributed by atoms with Crippen molar-refractivity contribution in [2.75, 3.05) is 31.6 Å². The van der Waals surface area contributed by atoms with Gasteiger partial charge in [0, 0.05) is 30.2 Å². The van der Waals surface area contributed by atoms with E-state index in [1.165, 1.54) is 27.8 Å². The molecule has 0 radical (unpaired) electrons. The molecule has 7 nitrogen and oxygen atoms in total. The lowest BCUT2D eigenvalue weighted by Gasteiger charge is -2.26. The highest BCUT2D eigenvalue weighted by Crippen LogP contribution is 2.24. The van der Waals surface area contributed by atoms with E-state index in [9.17, 15) is 17.6 Å². The van der Waals surface area contributed by atoms with E-state index in [2.05, 4.69) is 10.3 Å². The number of anilines is 1. The minimum absolute atomic E-state index is 0.161. The van der Waals surface area contributed by atoms with Crippen LogP contribution in [0.3, 0.4) is 0 Å². The van der Waals surface area contributed by atoms with Gasteiger partial charge in [0.05, 0.1) is 23.9 Å². The third kappa shape index (κ3) is 4.78. The summed E-state index contributed by atoms with van der Waals surface area (Å²) in [7, 11) is -4.00. The number of carbonyl (C=O) groups is 1. The van der Waals surface area contributed by atoms with E-state index in [1.807, 2.05) is 12.3 Å². The predicted molar refractivity (Wildman–Crippen MR) is 100 cm³/mol. The average molecular weight is 411 g/mol. The summed E-state index contributed by atoms with van der Waals surface area (Å²) < 4.78 is 45.8. The van der Waals surface area contributed by atoms with E-state index in [0.717, 1.165) is 17.1 Å². The number of carbonyl (C=O) groups excluding carboxylic acids is 1. The highest BCUT2D eigenvalue weighted by atomic mass is 32.2. The minimum Gasteiger partial charge on any atom is -0.379 e. The number of benzene rings is 1. The molecule has 1 saturated heterocycles. The molecule has 1 aliphatic rings. The molecule has 1 aromatic carbocycles. The number of morpholine rings is 1. The van der Waals surface area contributed by atoms with Gasteiger partial charge in [-0.1, -0.05) is 0 Å². The number of aryl methyl sites for hydroxylation is 1. The number of aromatic nitrogens is 1. The SMILES string of the molecule is Cc1nc(/C=C/C(=O)Nc2ccc(F)c(S(=O)(=O)N3CCOCC3)c2)cs1. The van der Waals surface area contributed by atoms with Crippen LogP contribution in [0.4, 0.5) is 10.1 Å². The maximum atomic E-state index is 14.2. The molecule has 1 aliphatic heterocycles. The van der Waals surface area contributed by atoms with Crippen molar-refractivity contribution in [1.29, 1.82) is 0 Å². The molecule has 2 aromatic rings. The number of nitrogens with zero attached hydrogens (tertiary/aromatic N) is 2. The van der Waals surface area contributed by atoms with Crippen molar-refractivity contribution in [3.05, 3.63) is 46.2 Å². The van der Waals surface area contributed by atoms with Crippen LogP contribution in [0.2, 0.25) is 0 Å². The monoisotopic (exact) mass is 411 g/mol. The Balaban J connectivity index is 1.76. The Hall–Kier alpha value is -2.14. The Morgan fingerprint density at radius 1 is 1.37 bits per heavy atom. The van der Waals surface area contributed by atoms with Gasteiger partial charge >= 0.3 is 0 Å². The van der Waals surface area contributed by atoms with Gasteiger partial charge < -0.3 is 10.1 Å². The van der Waals surface area contributed by atoms with E-state index >= 15 is 0 Å². The standard InChI is InChI=1S/C17H18FN3O4S2/c1-12-19-14(11-26-12)3-5-17(22)20-13-2-4-15(18)16(10-13)27(23,24)21-6-8-25-9-7-21/h2-5,10-11H,6-9H2,1H3,(H,20,22)/b5-3+. The summed E-state index contributed by atoms with van der Waals surface area (Å²) in [5.74, 6) is -1.34. The maximum Gasteiger partial charge on any atom is 0.248 e. The molecule has 0 atom stereocenters. The van der Waals surface area contributed by atoms with Gasteiger partial charge in [0.1, 0.15) is 10.7 Å². The number of rotatable bonds is 5. The molecule has 144 valence electrons. The van der Waals surface area contributed by atoms with Gasteiger partial charge in [0.25, 0.3) is 0 Å². The molecule has 1 fully saturated rings. The fourth-order valence-electron chi connectivity index (χ4n) is 2.51. The molecule has 1 N–H and O–H groups in total. The fraction of sp³-hybridized carbons (Fsp3) is 0.294. The number of hydrogen-bond acceptors (Lipinski definition) is 6. The first-order valence-corrected chi connectivity index (χ1v) is 10.5. The van der Waals surface area contributed by atoms with Crippen molar-refractivity contribution in [2.24, 2.45) is 0 Å². The van der Waals surface area contributed by atoms with E-state index in [1.54, 1.807) is 6.08 Å². The quantitative estimate of drug-likeness (QED) is 0.763. The largest absolute Gasteiger partial charge is 0.379 e. The van der Waals surface area contributed by atoms with Crippen molar-refractivity contribution in [3.8, 4) is 0 Å². The molecule has 3 rings (SSSR count). The molecule has 0 bridgehead atoms. The summed E-state index contributed by atoms with van der Waals surface area (Å²) in [5, 5.41) is 5.23. The molecule has 1 amide bonds. The second kappa shape index (κ2) is 8.26. The summed E-state index contributed by atoms with van der Waals surface area (Å²) in [6.45, 7) is 2.70. The Morgan fingerprint density at radius 3 is 2.78 bits per heavy atom. The molecule has 0 aliphatic carbocycles. The summed E-state index contributed by atoms with van der Waals surface area (Å²) in [4.78, 5) is 15.8. The first kappa shape index (κ1) is 19.6. The van der Waals surface area contributed by atoms with E-state index in [0.29, 0.717) is 5.69 Å². The van der Waals surface area contributed by atoms with Crippen LogP contribution in [0.1, 0.15) is 10.7 Å². The zero-order chi connectivity index (χ0) is 19.4. The highest BCUT2D eigenvalue weighted by Gasteiger charge is 2.29. The predicted octanol–water partition coefficient (Wildman–Crippen LogP) is 2.26. The molecular weight excluding hydrogens is 393 g/mol. The third-order valence-electron chi connectivity index (χ3n) is 3.83. The van der Waals surface area contributed by atoms with Gasteiger partial charge in [-0.2, -0.15) is 4.31 Å². The number of nitrogens with one attached hydrogen (secondary N) is 1. The smallest absolute Gasteiger partial charge is 0.248 e. The Labute approximate surface area is 160 Å². The van der Waals surface area contributed by atoms with Crippen LogP contribution in [0.25, 0.3) is 6.08 Å². The minimum atomic E-state index is -4.00. The number of ether oxygens (including phenoxy) is 1. The summed E-state index contributed by atoms with van der Waals surface area (Å²) in [6, 6.07) is 3.46. The van der Waals surface area contributed by atoms with Gasteiger partial charge in [-0.25, -0.2) is 17.8 Å². The van der Waals surface area contributed by atoms with Gasteiger partial charge in [-0.3, -0.25) is 4.79 Å². The molecule has 10 heteroatoms. The Kier molecular flexibility index (Phi) is 6.00. The van der Waals surface area contributed by atoms with Crippen LogP contribution >= 0.6 is 11.3 Å². The van der Waals surface area contributed by atoms with Crippen LogP contribution in [-0.2, 0) is 19.6 Å². The van der Waals surface area contributed by atoms with Crippen molar-refractivity contribution in [3.63, 3.8) is 0 Å². The van der Waals surface area contributed by atoms with Crippen LogP contribution in [-0.4, -0.2) is 49.9 Å². The fourth-order valence-corrected chi connectivity index (χ4v) is 4.59. The third-order valence-corrected chi connectivity index (χ3v) is 6.53. The Morgan fingerprint density at radius 2 is 2.11 bits per heavy atom. The molecule has 27 heavy (non-hydrogen) atoms. The maximum absolute atomic E-state index is 14.2. The lowest BCUT2D eigenvalue weighted by molar-refractivity contribution is -0.111.